The van der Waals surface area contributed by atoms with Crippen molar-refractivity contribution in [2.45, 2.75) is 20.4 Å². The van der Waals surface area contributed by atoms with E-state index in [0.29, 0.717) is 23.2 Å². The Bertz CT molecular complexity index is 1320. The number of carbonyl (C=O) groups excluding carboxylic acids is 1. The first kappa shape index (κ1) is 19.6. The minimum absolute atomic E-state index is 0.144. The van der Waals surface area contributed by atoms with Crippen molar-refractivity contribution >= 4 is 16.7 Å². The van der Waals surface area contributed by atoms with Crippen LogP contribution in [0.1, 0.15) is 32.9 Å². The second kappa shape index (κ2) is 7.95. The highest BCUT2D eigenvalue weighted by Gasteiger charge is 2.18. The smallest absolute Gasteiger partial charge is 0.200 e. The van der Waals surface area contributed by atoms with Crippen LogP contribution in [0.25, 0.3) is 10.9 Å². The molecule has 0 aliphatic heterocycles. The molecule has 0 spiro atoms. The van der Waals surface area contributed by atoms with Crippen LogP contribution in [-0.4, -0.2) is 22.4 Å². The number of ether oxygens (including phenoxy) is 1. The van der Waals surface area contributed by atoms with Gasteiger partial charge in [0.1, 0.15) is 5.75 Å². The Morgan fingerprint density at radius 2 is 1.83 bits per heavy atom. The maximum absolute atomic E-state index is 13.3. The molecule has 5 nitrogen and oxygen atoms in total. The number of para-hydroxylation sites is 1. The van der Waals surface area contributed by atoms with Gasteiger partial charge >= 0.3 is 0 Å². The first-order valence-electron chi connectivity index (χ1n) is 9.72. The lowest BCUT2D eigenvalue weighted by molar-refractivity contribution is 0.103. The Kier molecular flexibility index (Phi) is 5.19. The summed E-state index contributed by atoms with van der Waals surface area (Å²) in [4.78, 5) is 31.0. The third-order valence-electron chi connectivity index (χ3n) is 5.17. The molecule has 0 N–H and O–H groups in total. The topological polar surface area (TPSA) is 61.2 Å². The minimum Gasteiger partial charge on any atom is -0.496 e. The molecule has 0 aliphatic rings. The average Bonchev–Trinajstić information content (AvgIpc) is 2.75. The largest absolute Gasteiger partial charge is 0.496 e. The maximum Gasteiger partial charge on any atom is 0.200 e. The summed E-state index contributed by atoms with van der Waals surface area (Å²) in [6, 6.07) is 18.4. The van der Waals surface area contributed by atoms with Gasteiger partial charge in [0.2, 0.25) is 5.43 Å². The molecule has 2 aromatic heterocycles. The number of methoxy groups -OCH3 is 1. The summed E-state index contributed by atoms with van der Waals surface area (Å²) in [5.41, 5.74) is 3.73. The summed E-state index contributed by atoms with van der Waals surface area (Å²) in [5.74, 6) is 0.399. The molecule has 0 bridgehead atoms. The molecule has 30 heavy (non-hydrogen) atoms. The first-order chi connectivity index (χ1) is 14.5. The Labute approximate surface area is 174 Å². The molecule has 2 aromatic carbocycles. The fraction of sp³-hybridized carbons (Fsp3) is 0.160. The predicted octanol–water partition coefficient (Wildman–Crippen LogP) is 4.30. The highest BCUT2D eigenvalue weighted by atomic mass is 16.5. The molecule has 5 heteroatoms. The fourth-order valence-electron chi connectivity index (χ4n) is 3.68. The number of aromatic nitrogens is 2. The average molecular weight is 398 g/mol. The van der Waals surface area contributed by atoms with Crippen LogP contribution < -0.4 is 10.2 Å². The van der Waals surface area contributed by atoms with Crippen LogP contribution in [-0.2, 0) is 6.54 Å². The van der Waals surface area contributed by atoms with E-state index in [9.17, 15) is 9.59 Å². The summed E-state index contributed by atoms with van der Waals surface area (Å²) in [7, 11) is 1.59. The van der Waals surface area contributed by atoms with Crippen molar-refractivity contribution < 1.29 is 9.53 Å². The highest BCUT2D eigenvalue weighted by molar-refractivity contribution is 6.10. The Morgan fingerprint density at radius 3 is 2.57 bits per heavy atom. The zero-order valence-corrected chi connectivity index (χ0v) is 17.2. The molecule has 0 unspecified atom stereocenters. The van der Waals surface area contributed by atoms with Gasteiger partial charge in [0.05, 0.1) is 30.4 Å². The van der Waals surface area contributed by atoms with E-state index >= 15 is 0 Å². The normalized spacial score (nSPS) is 10.9. The van der Waals surface area contributed by atoms with Gasteiger partial charge in [0.15, 0.2) is 5.78 Å². The van der Waals surface area contributed by atoms with Crippen LogP contribution in [0.15, 0.2) is 71.7 Å². The van der Waals surface area contributed by atoms with E-state index in [1.165, 1.54) is 0 Å². The van der Waals surface area contributed by atoms with Gasteiger partial charge in [-0.1, -0.05) is 18.2 Å². The van der Waals surface area contributed by atoms with Crippen LogP contribution in [0.3, 0.4) is 0 Å². The molecule has 0 radical (unpaired) electrons. The van der Waals surface area contributed by atoms with Crippen molar-refractivity contribution in [2.24, 2.45) is 0 Å². The number of carbonyl (C=O) groups is 1. The van der Waals surface area contributed by atoms with E-state index in [1.54, 1.807) is 37.6 Å². The number of hydrogen-bond acceptors (Lipinski definition) is 4. The molecular formula is C25H22N2O3. The van der Waals surface area contributed by atoms with Crippen LogP contribution in [0.5, 0.6) is 5.75 Å². The van der Waals surface area contributed by atoms with Crippen molar-refractivity contribution in [3.63, 3.8) is 0 Å². The number of aryl methyl sites for hydroxylation is 2. The second-order valence-corrected chi connectivity index (χ2v) is 7.30. The number of benzene rings is 2. The van der Waals surface area contributed by atoms with Crippen molar-refractivity contribution in [3.8, 4) is 5.75 Å². The summed E-state index contributed by atoms with van der Waals surface area (Å²) in [5, 5.41) is 0.515. The van der Waals surface area contributed by atoms with E-state index in [2.05, 4.69) is 4.98 Å². The summed E-state index contributed by atoms with van der Waals surface area (Å²) < 4.78 is 7.20. The molecular weight excluding hydrogens is 376 g/mol. The minimum atomic E-state index is -0.303. The van der Waals surface area contributed by atoms with Crippen molar-refractivity contribution in [1.29, 1.82) is 0 Å². The zero-order chi connectivity index (χ0) is 21.3. The molecule has 4 aromatic rings. The van der Waals surface area contributed by atoms with E-state index in [-0.39, 0.29) is 16.8 Å². The SMILES string of the molecule is COc1ccc(C(=O)c2cn(Cc3cccc(C)n3)c3ccccc3c2=O)cc1C. The number of rotatable bonds is 5. The monoisotopic (exact) mass is 398 g/mol. The predicted molar refractivity (Wildman–Crippen MR) is 117 cm³/mol. The molecule has 0 atom stereocenters. The van der Waals surface area contributed by atoms with E-state index < -0.39 is 0 Å². The number of fused-ring (bicyclic) bond motifs is 1. The summed E-state index contributed by atoms with van der Waals surface area (Å²) in [6.07, 6.45) is 1.65. The Hall–Kier alpha value is -3.73. The van der Waals surface area contributed by atoms with E-state index in [0.717, 1.165) is 22.5 Å². The number of pyridine rings is 2. The van der Waals surface area contributed by atoms with Gasteiger partial charge in [-0.05, 0) is 61.9 Å². The van der Waals surface area contributed by atoms with Crippen LogP contribution in [0.4, 0.5) is 0 Å². The third kappa shape index (κ3) is 3.62. The lowest BCUT2D eigenvalue weighted by Crippen LogP contribution is -2.20. The van der Waals surface area contributed by atoms with Crippen molar-refractivity contribution in [1.82, 2.24) is 9.55 Å². The Balaban J connectivity index is 1.86. The van der Waals surface area contributed by atoms with E-state index in [1.807, 2.05) is 54.8 Å². The van der Waals surface area contributed by atoms with Gasteiger partial charge < -0.3 is 9.30 Å². The zero-order valence-electron chi connectivity index (χ0n) is 17.2. The molecule has 0 saturated carbocycles. The van der Waals surface area contributed by atoms with Crippen LogP contribution in [0, 0.1) is 13.8 Å². The Morgan fingerprint density at radius 1 is 1.03 bits per heavy atom. The molecule has 150 valence electrons. The van der Waals surface area contributed by atoms with Gasteiger partial charge in [-0.25, -0.2) is 0 Å². The number of ketones is 1. The van der Waals surface area contributed by atoms with Gasteiger partial charge in [0, 0.05) is 22.8 Å². The third-order valence-corrected chi connectivity index (χ3v) is 5.17. The summed E-state index contributed by atoms with van der Waals surface area (Å²) in [6.45, 7) is 4.27. The van der Waals surface area contributed by atoms with Gasteiger partial charge in [-0.2, -0.15) is 0 Å². The maximum atomic E-state index is 13.3. The molecule has 2 heterocycles. The molecule has 0 fully saturated rings. The fourth-order valence-corrected chi connectivity index (χ4v) is 3.68. The first-order valence-corrected chi connectivity index (χ1v) is 9.72. The standard InChI is InChI=1S/C25H22N2O3/c1-16-13-18(11-12-23(16)30-3)24(28)21-15-27(14-19-8-6-7-17(2)26-19)22-10-5-4-9-20(22)25(21)29/h4-13,15H,14H2,1-3H3. The molecule has 0 amide bonds. The molecule has 4 rings (SSSR count). The van der Waals surface area contributed by atoms with Gasteiger partial charge in [-0.15, -0.1) is 0 Å². The van der Waals surface area contributed by atoms with Crippen molar-refractivity contribution in [3.05, 3.63) is 105 Å². The highest BCUT2D eigenvalue weighted by Crippen LogP contribution is 2.21. The number of hydrogen-bond donors (Lipinski definition) is 0. The van der Waals surface area contributed by atoms with Crippen LogP contribution >= 0.6 is 0 Å². The quantitative estimate of drug-likeness (QED) is 0.470. The lowest BCUT2D eigenvalue weighted by Gasteiger charge is -2.14. The molecule has 0 saturated heterocycles. The molecule has 0 aliphatic carbocycles. The number of nitrogens with zero attached hydrogens (tertiary/aromatic N) is 2. The van der Waals surface area contributed by atoms with Gasteiger partial charge in [-0.3, -0.25) is 14.6 Å². The van der Waals surface area contributed by atoms with Crippen molar-refractivity contribution in [2.75, 3.05) is 7.11 Å². The van der Waals surface area contributed by atoms with Gasteiger partial charge in [0.25, 0.3) is 0 Å². The van der Waals surface area contributed by atoms with Crippen LogP contribution in [0.2, 0.25) is 0 Å². The van der Waals surface area contributed by atoms with E-state index in [4.69, 9.17) is 4.74 Å². The second-order valence-electron chi connectivity index (χ2n) is 7.30. The summed E-state index contributed by atoms with van der Waals surface area (Å²) >= 11 is 0. The lowest BCUT2D eigenvalue weighted by atomic mass is 10.0.